The molecule has 0 spiro atoms. The molecule has 1 atom stereocenters. The van der Waals surface area contributed by atoms with E-state index in [1.807, 2.05) is 37.0 Å². The fourth-order valence-electron chi connectivity index (χ4n) is 2.59. The number of carbonyl (C=O) groups excluding carboxylic acids is 1. The van der Waals surface area contributed by atoms with Crippen LogP contribution in [0.25, 0.3) is 0 Å². The summed E-state index contributed by atoms with van der Waals surface area (Å²) in [4.78, 5) is 14.3. The predicted molar refractivity (Wildman–Crippen MR) is 90.9 cm³/mol. The first-order chi connectivity index (χ1) is 10.2. The molecule has 1 fully saturated rings. The van der Waals surface area contributed by atoms with Crippen LogP contribution in [0.15, 0.2) is 24.3 Å². The van der Waals surface area contributed by atoms with Crippen LogP contribution in [-0.2, 0) is 10.5 Å². The Labute approximate surface area is 136 Å². The molecule has 21 heavy (non-hydrogen) atoms. The summed E-state index contributed by atoms with van der Waals surface area (Å²) in [6.45, 7) is 1.76. The highest BCUT2D eigenvalue weighted by Gasteiger charge is 2.25. The molecule has 5 heteroatoms. The minimum atomic E-state index is 0.0664. The monoisotopic (exact) mass is 326 g/mol. The van der Waals surface area contributed by atoms with Crippen LogP contribution >= 0.6 is 23.4 Å². The number of nitrogens with zero attached hydrogens (tertiary/aromatic N) is 1. The van der Waals surface area contributed by atoms with Crippen molar-refractivity contribution < 1.29 is 4.79 Å². The Hall–Kier alpha value is -0.710. The molecule has 1 N–H and O–H groups in total. The van der Waals surface area contributed by atoms with Crippen LogP contribution in [0.5, 0.6) is 0 Å². The summed E-state index contributed by atoms with van der Waals surface area (Å²) in [6.07, 6.45) is 3.35. The number of thioether (sulfide) groups is 1. The van der Waals surface area contributed by atoms with Crippen molar-refractivity contribution in [2.24, 2.45) is 0 Å². The molecule has 116 valence electrons. The topological polar surface area (TPSA) is 32.3 Å². The van der Waals surface area contributed by atoms with Crippen LogP contribution in [0.1, 0.15) is 24.8 Å². The zero-order chi connectivity index (χ0) is 15.1. The molecule has 1 amide bonds. The second-order valence-corrected chi connectivity index (χ2v) is 7.01. The van der Waals surface area contributed by atoms with E-state index in [0.717, 1.165) is 42.5 Å². The maximum absolute atomic E-state index is 12.1. The number of rotatable bonds is 6. The van der Waals surface area contributed by atoms with Crippen LogP contribution in [-0.4, -0.2) is 42.7 Å². The number of carbonyl (C=O) groups is 1. The molecule has 1 aromatic carbocycles. The Bertz CT molecular complexity index is 469. The van der Waals surface area contributed by atoms with Crippen LogP contribution < -0.4 is 5.32 Å². The zero-order valence-electron chi connectivity index (χ0n) is 12.5. The first-order valence-corrected chi connectivity index (χ1v) is 9.00. The average molecular weight is 327 g/mol. The van der Waals surface area contributed by atoms with Gasteiger partial charge < -0.3 is 5.32 Å². The number of likely N-dealkylation sites (tertiary alicyclic amines) is 1. The number of halogens is 1. The predicted octanol–water partition coefficient (Wildman–Crippen LogP) is 3.17. The number of hydrogen-bond donors (Lipinski definition) is 1. The molecule has 0 aliphatic carbocycles. The molecule has 2 rings (SSSR count). The van der Waals surface area contributed by atoms with Gasteiger partial charge in [0.15, 0.2) is 0 Å². The second-order valence-electron chi connectivity index (χ2n) is 5.47. The van der Waals surface area contributed by atoms with Crippen molar-refractivity contribution in [3.8, 4) is 0 Å². The van der Waals surface area contributed by atoms with E-state index in [9.17, 15) is 4.79 Å². The summed E-state index contributed by atoms with van der Waals surface area (Å²) in [5.74, 6) is 2.04. The van der Waals surface area contributed by atoms with Crippen LogP contribution in [0.3, 0.4) is 0 Å². The van der Waals surface area contributed by atoms with Gasteiger partial charge in [0.05, 0.1) is 6.04 Å². The molecule has 0 unspecified atom stereocenters. The van der Waals surface area contributed by atoms with Gasteiger partial charge in [0.25, 0.3) is 0 Å². The lowest BCUT2D eigenvalue weighted by Gasteiger charge is -2.31. The molecule has 1 saturated heterocycles. The van der Waals surface area contributed by atoms with Crippen molar-refractivity contribution in [3.05, 3.63) is 34.9 Å². The van der Waals surface area contributed by atoms with Crippen molar-refractivity contribution in [2.75, 3.05) is 25.9 Å². The molecule has 1 heterocycles. The van der Waals surface area contributed by atoms with Gasteiger partial charge in [-0.2, -0.15) is 11.8 Å². The fraction of sp³-hybridized carbons (Fsp3) is 0.562. The van der Waals surface area contributed by atoms with Gasteiger partial charge in [-0.3, -0.25) is 9.69 Å². The van der Waals surface area contributed by atoms with E-state index in [4.69, 9.17) is 11.6 Å². The van der Waals surface area contributed by atoms with Crippen molar-refractivity contribution in [1.82, 2.24) is 10.2 Å². The summed E-state index contributed by atoms with van der Waals surface area (Å²) in [7, 11) is 2.04. The van der Waals surface area contributed by atoms with Crippen LogP contribution in [0.2, 0.25) is 5.02 Å². The minimum Gasteiger partial charge on any atom is -0.354 e. The molecule has 3 nitrogen and oxygen atoms in total. The summed E-state index contributed by atoms with van der Waals surface area (Å²) >= 11 is 7.77. The maximum atomic E-state index is 12.1. The van der Waals surface area contributed by atoms with Crippen molar-refractivity contribution in [1.29, 1.82) is 0 Å². The zero-order valence-corrected chi connectivity index (χ0v) is 14.1. The van der Waals surface area contributed by atoms with Crippen LogP contribution in [0.4, 0.5) is 0 Å². The summed E-state index contributed by atoms with van der Waals surface area (Å²) in [5, 5.41) is 3.83. The van der Waals surface area contributed by atoms with Gasteiger partial charge in [-0.15, -0.1) is 0 Å². The van der Waals surface area contributed by atoms with E-state index >= 15 is 0 Å². The molecule has 1 aliphatic heterocycles. The molecule has 1 aliphatic rings. The lowest BCUT2D eigenvalue weighted by atomic mass is 10.0. The number of likely N-dealkylation sites (N-methyl/N-ethyl adjacent to an activating group) is 1. The van der Waals surface area contributed by atoms with E-state index < -0.39 is 0 Å². The quantitative estimate of drug-likeness (QED) is 0.815. The highest BCUT2D eigenvalue weighted by Crippen LogP contribution is 2.17. The maximum Gasteiger partial charge on any atom is 0.237 e. The van der Waals surface area contributed by atoms with E-state index in [-0.39, 0.29) is 11.9 Å². The van der Waals surface area contributed by atoms with Gasteiger partial charge >= 0.3 is 0 Å². The van der Waals surface area contributed by atoms with Gasteiger partial charge in [-0.05, 0) is 44.1 Å². The highest BCUT2D eigenvalue weighted by atomic mass is 35.5. The minimum absolute atomic E-state index is 0.0664. The number of benzene rings is 1. The van der Waals surface area contributed by atoms with E-state index in [1.165, 1.54) is 12.0 Å². The van der Waals surface area contributed by atoms with Gasteiger partial charge in [0.2, 0.25) is 5.91 Å². The molecular weight excluding hydrogens is 304 g/mol. The third kappa shape index (κ3) is 5.53. The SMILES string of the molecule is CN1CCCC[C@@H]1C(=O)NCCSCc1cccc(Cl)c1. The van der Waals surface area contributed by atoms with E-state index in [0.29, 0.717) is 0 Å². The Morgan fingerprint density at radius 2 is 2.33 bits per heavy atom. The standard InChI is InChI=1S/C16H23ClN2OS/c1-19-9-3-2-7-15(19)16(20)18-8-10-21-12-13-5-4-6-14(17)11-13/h4-6,11,15H,2-3,7-10,12H2,1H3,(H,18,20)/t15-/m1/s1. The van der Waals surface area contributed by atoms with E-state index in [2.05, 4.69) is 16.3 Å². The molecule has 0 bridgehead atoms. The fourth-order valence-corrected chi connectivity index (χ4v) is 3.61. The Kier molecular flexibility index (Phi) is 6.87. The third-order valence-electron chi connectivity index (χ3n) is 3.78. The number of nitrogens with one attached hydrogen (secondary N) is 1. The highest BCUT2D eigenvalue weighted by molar-refractivity contribution is 7.98. The van der Waals surface area contributed by atoms with Gasteiger partial charge in [0, 0.05) is 23.1 Å². The molecule has 0 radical (unpaired) electrons. The van der Waals surface area contributed by atoms with Gasteiger partial charge in [-0.25, -0.2) is 0 Å². The smallest absolute Gasteiger partial charge is 0.237 e. The second kappa shape index (κ2) is 8.66. The molecule has 0 aromatic heterocycles. The first-order valence-electron chi connectivity index (χ1n) is 7.47. The molecule has 1 aromatic rings. The number of amides is 1. The molecule has 0 saturated carbocycles. The number of hydrogen-bond acceptors (Lipinski definition) is 3. The van der Waals surface area contributed by atoms with Gasteiger partial charge in [-0.1, -0.05) is 30.2 Å². The van der Waals surface area contributed by atoms with Crippen molar-refractivity contribution >= 4 is 29.3 Å². The van der Waals surface area contributed by atoms with Gasteiger partial charge in [0.1, 0.15) is 0 Å². The average Bonchev–Trinajstić information content (AvgIpc) is 2.47. The van der Waals surface area contributed by atoms with E-state index in [1.54, 1.807) is 0 Å². The number of piperidine rings is 1. The Balaban J connectivity index is 1.62. The largest absolute Gasteiger partial charge is 0.354 e. The lowest BCUT2D eigenvalue weighted by molar-refractivity contribution is -0.126. The van der Waals surface area contributed by atoms with Crippen molar-refractivity contribution in [3.63, 3.8) is 0 Å². The Morgan fingerprint density at radius 1 is 1.48 bits per heavy atom. The summed E-state index contributed by atoms with van der Waals surface area (Å²) in [6, 6.07) is 7.99. The lowest BCUT2D eigenvalue weighted by Crippen LogP contribution is -2.47. The van der Waals surface area contributed by atoms with Crippen LogP contribution in [0, 0.1) is 0 Å². The van der Waals surface area contributed by atoms with Crippen molar-refractivity contribution in [2.45, 2.75) is 31.1 Å². The Morgan fingerprint density at radius 3 is 3.10 bits per heavy atom. The summed E-state index contributed by atoms with van der Waals surface area (Å²) in [5.41, 5.74) is 1.23. The third-order valence-corrected chi connectivity index (χ3v) is 5.04. The normalized spacial score (nSPS) is 19.4. The summed E-state index contributed by atoms with van der Waals surface area (Å²) < 4.78 is 0. The first kappa shape index (κ1) is 16.7. The molecular formula is C16H23ClN2OS.